The summed E-state index contributed by atoms with van der Waals surface area (Å²) >= 11 is 12.6. The molecule has 4 heterocycles. The minimum atomic E-state index is -2.58. The van der Waals surface area contributed by atoms with Gasteiger partial charge in [-0.15, -0.1) is 0 Å². The van der Waals surface area contributed by atoms with Crippen LogP contribution in [-0.2, 0) is 11.3 Å². The van der Waals surface area contributed by atoms with E-state index in [4.69, 9.17) is 27.9 Å². The second-order valence-corrected chi connectivity index (χ2v) is 9.04. The lowest BCUT2D eigenvalue weighted by atomic mass is 9.86. The molecule has 2 fully saturated rings. The molecule has 2 aliphatic heterocycles. The first-order valence-corrected chi connectivity index (χ1v) is 11.3. The monoisotopic (exact) mass is 500 g/mol. The molecule has 1 N–H and O–H groups in total. The molecule has 0 spiro atoms. The van der Waals surface area contributed by atoms with Gasteiger partial charge in [0.1, 0.15) is 12.7 Å². The number of rotatable bonds is 6. The summed E-state index contributed by atoms with van der Waals surface area (Å²) in [7, 11) is 0. The van der Waals surface area contributed by atoms with Crippen LogP contribution in [-0.4, -0.2) is 69.6 Å². The third-order valence-corrected chi connectivity index (χ3v) is 6.87. The molecule has 176 valence electrons. The second kappa shape index (κ2) is 9.25. The van der Waals surface area contributed by atoms with Gasteiger partial charge < -0.3 is 10.1 Å². The lowest BCUT2D eigenvalue weighted by Crippen LogP contribution is -2.54. The Balaban J connectivity index is 1.37. The van der Waals surface area contributed by atoms with Gasteiger partial charge in [-0.1, -0.05) is 23.2 Å². The number of nitrogens with zero attached hydrogens (tertiary/aromatic N) is 5. The molecule has 0 saturated carbocycles. The Morgan fingerprint density at radius 1 is 1.21 bits per heavy atom. The highest BCUT2D eigenvalue weighted by Crippen LogP contribution is 2.37. The highest BCUT2D eigenvalue weighted by molar-refractivity contribution is 6.32. The van der Waals surface area contributed by atoms with E-state index in [1.165, 1.54) is 6.20 Å². The maximum absolute atomic E-state index is 15.1. The summed E-state index contributed by atoms with van der Waals surface area (Å²) in [5.74, 6) is -0.113. The highest BCUT2D eigenvalue weighted by Gasteiger charge is 2.36. The zero-order valence-electron chi connectivity index (χ0n) is 17.4. The van der Waals surface area contributed by atoms with Gasteiger partial charge in [-0.25, -0.2) is 27.8 Å². The topological polar surface area (TPSA) is 68.1 Å². The van der Waals surface area contributed by atoms with E-state index < -0.39 is 19.1 Å². The van der Waals surface area contributed by atoms with E-state index in [0.29, 0.717) is 59.4 Å². The summed E-state index contributed by atoms with van der Waals surface area (Å²) in [6.45, 7) is 1.84. The molecule has 2 atom stereocenters. The van der Waals surface area contributed by atoms with Crippen molar-refractivity contribution in [2.45, 2.75) is 37.5 Å². The fourth-order valence-corrected chi connectivity index (χ4v) is 4.81. The van der Waals surface area contributed by atoms with Crippen LogP contribution in [0.5, 0.6) is 0 Å². The Kier molecular flexibility index (Phi) is 6.34. The summed E-state index contributed by atoms with van der Waals surface area (Å²) in [5.41, 5.74) is 1.61. The van der Waals surface area contributed by atoms with Crippen molar-refractivity contribution in [2.75, 3.05) is 31.6 Å². The summed E-state index contributed by atoms with van der Waals surface area (Å²) in [6, 6.07) is 3.84. The molecule has 0 aliphatic carbocycles. The van der Waals surface area contributed by atoms with E-state index >= 15 is 4.39 Å². The van der Waals surface area contributed by atoms with Crippen LogP contribution in [0, 0.1) is 0 Å². The number of halogens is 5. The smallest absolute Gasteiger partial charge is 0.257 e. The zero-order valence-corrected chi connectivity index (χ0v) is 18.9. The van der Waals surface area contributed by atoms with Gasteiger partial charge in [0, 0.05) is 29.1 Å². The predicted octanol–water partition coefficient (Wildman–Crippen LogP) is 4.67. The number of piperidine rings is 1. The van der Waals surface area contributed by atoms with Crippen molar-refractivity contribution in [1.29, 1.82) is 0 Å². The van der Waals surface area contributed by atoms with Crippen LogP contribution < -0.4 is 5.32 Å². The van der Waals surface area contributed by atoms with Gasteiger partial charge in [0.2, 0.25) is 5.95 Å². The van der Waals surface area contributed by atoms with Crippen molar-refractivity contribution < 1.29 is 17.9 Å². The minimum absolute atomic E-state index is 0.0275. The first-order chi connectivity index (χ1) is 15.9. The van der Waals surface area contributed by atoms with Crippen LogP contribution in [0.4, 0.5) is 24.8 Å². The van der Waals surface area contributed by atoms with Crippen molar-refractivity contribution >= 4 is 45.7 Å². The van der Waals surface area contributed by atoms with Crippen molar-refractivity contribution in [2.24, 2.45) is 0 Å². The van der Waals surface area contributed by atoms with Crippen molar-refractivity contribution in [3.05, 3.63) is 40.3 Å². The van der Waals surface area contributed by atoms with Gasteiger partial charge in [0.15, 0.2) is 5.15 Å². The molecule has 1 unspecified atom stereocenters. The Bertz CT molecular complexity index is 1160. The summed E-state index contributed by atoms with van der Waals surface area (Å²) < 4.78 is 46.6. The number of alkyl halides is 3. The molecule has 0 radical (unpaired) electrons. The van der Waals surface area contributed by atoms with Crippen LogP contribution in [0.3, 0.4) is 0 Å². The molecule has 1 aromatic carbocycles. The maximum atomic E-state index is 15.1. The van der Waals surface area contributed by atoms with Crippen molar-refractivity contribution in [3.8, 4) is 0 Å². The SMILES string of the molecule is FC(F)Cn1ncc(Nc2ncc3cc(Cl)c(C4CCN(C5COC5)C[C@@H]4F)cc3n2)c1Cl. The van der Waals surface area contributed by atoms with E-state index in [-0.39, 0.29) is 17.0 Å². The number of anilines is 2. The van der Waals surface area contributed by atoms with Crippen LogP contribution in [0.15, 0.2) is 24.5 Å². The molecule has 0 amide bonds. The number of likely N-dealkylation sites (tertiary alicyclic amines) is 1. The zero-order chi connectivity index (χ0) is 23.1. The minimum Gasteiger partial charge on any atom is -0.378 e. The van der Waals surface area contributed by atoms with Crippen LogP contribution in [0.25, 0.3) is 10.9 Å². The van der Waals surface area contributed by atoms with E-state index in [2.05, 4.69) is 25.3 Å². The van der Waals surface area contributed by atoms with Crippen molar-refractivity contribution in [1.82, 2.24) is 24.6 Å². The predicted molar refractivity (Wildman–Crippen MR) is 120 cm³/mol. The van der Waals surface area contributed by atoms with Gasteiger partial charge in [0.25, 0.3) is 6.43 Å². The molecule has 2 aromatic heterocycles. The maximum Gasteiger partial charge on any atom is 0.257 e. The molecular formula is C21H21Cl2F3N6O. The van der Waals surface area contributed by atoms with Gasteiger partial charge >= 0.3 is 0 Å². The van der Waals surface area contributed by atoms with E-state index in [0.717, 1.165) is 11.2 Å². The molecular weight excluding hydrogens is 480 g/mol. The number of ether oxygens (including phenoxy) is 1. The Labute approximate surface area is 197 Å². The van der Waals surface area contributed by atoms with Gasteiger partial charge in [-0.05, 0) is 30.7 Å². The van der Waals surface area contributed by atoms with Crippen LogP contribution in [0.1, 0.15) is 17.9 Å². The average Bonchev–Trinajstić information content (AvgIpc) is 3.06. The number of hydrogen-bond acceptors (Lipinski definition) is 6. The van der Waals surface area contributed by atoms with Crippen molar-refractivity contribution in [3.63, 3.8) is 0 Å². The molecule has 7 nitrogen and oxygen atoms in total. The molecule has 2 saturated heterocycles. The first-order valence-electron chi connectivity index (χ1n) is 10.6. The average molecular weight is 501 g/mol. The highest BCUT2D eigenvalue weighted by atomic mass is 35.5. The second-order valence-electron chi connectivity index (χ2n) is 8.27. The molecule has 2 aliphatic rings. The molecule has 3 aromatic rings. The largest absolute Gasteiger partial charge is 0.378 e. The van der Waals surface area contributed by atoms with Crippen LogP contribution >= 0.6 is 23.2 Å². The Morgan fingerprint density at radius 3 is 2.73 bits per heavy atom. The number of fused-ring (bicyclic) bond motifs is 1. The first kappa shape index (κ1) is 22.6. The Hall–Kier alpha value is -2.14. The fraction of sp³-hybridized carbons (Fsp3) is 0.476. The van der Waals surface area contributed by atoms with E-state index in [9.17, 15) is 8.78 Å². The Morgan fingerprint density at radius 2 is 2.03 bits per heavy atom. The lowest BCUT2D eigenvalue weighted by molar-refractivity contribution is -0.0806. The quantitative estimate of drug-likeness (QED) is 0.530. The molecule has 33 heavy (non-hydrogen) atoms. The number of benzene rings is 1. The molecule has 12 heteroatoms. The van der Waals surface area contributed by atoms with Crippen LogP contribution in [0.2, 0.25) is 10.2 Å². The summed E-state index contributed by atoms with van der Waals surface area (Å²) in [5, 5.41) is 7.97. The summed E-state index contributed by atoms with van der Waals surface area (Å²) in [6.07, 6.45) is -0.0564. The van der Waals surface area contributed by atoms with Gasteiger partial charge in [-0.3, -0.25) is 4.90 Å². The van der Waals surface area contributed by atoms with Gasteiger partial charge in [-0.2, -0.15) is 5.10 Å². The third kappa shape index (κ3) is 4.62. The standard InChI is InChI=1S/C21H21Cl2F3N6O/c22-15-3-11-5-27-21(30-18-6-28-32(20(18)23)8-19(25)26)29-17(11)4-14(15)13-1-2-31(7-16(13)24)12-9-33-10-12/h3-6,12-13,16,19H,1-2,7-10H2,(H,27,29,30)/t13?,16-/m0/s1. The third-order valence-electron chi connectivity index (χ3n) is 6.14. The lowest BCUT2D eigenvalue weighted by Gasteiger charge is -2.43. The van der Waals surface area contributed by atoms with E-state index in [1.54, 1.807) is 18.3 Å². The van der Waals surface area contributed by atoms with E-state index in [1.807, 2.05) is 0 Å². The number of aromatic nitrogens is 4. The molecule has 5 rings (SSSR count). The fourth-order valence-electron chi connectivity index (χ4n) is 4.29. The van der Waals surface area contributed by atoms with Gasteiger partial charge in [0.05, 0.1) is 36.7 Å². The normalized spacial score (nSPS) is 22.1. The number of nitrogens with one attached hydrogen (secondary N) is 1. The molecule has 0 bridgehead atoms. The number of hydrogen-bond donors (Lipinski definition) is 1. The summed E-state index contributed by atoms with van der Waals surface area (Å²) in [4.78, 5) is 10.9.